The van der Waals surface area contributed by atoms with Crippen LogP contribution in [0.25, 0.3) is 0 Å². The predicted molar refractivity (Wildman–Crippen MR) is 109 cm³/mol. The van der Waals surface area contributed by atoms with Crippen LogP contribution in [0, 0.1) is 17.8 Å². The lowest BCUT2D eigenvalue weighted by molar-refractivity contribution is -0.148. The highest BCUT2D eigenvalue weighted by Gasteiger charge is 2.30. The van der Waals surface area contributed by atoms with Crippen molar-refractivity contribution in [2.24, 2.45) is 17.8 Å². The van der Waals surface area contributed by atoms with Gasteiger partial charge in [0, 0.05) is 18.3 Å². The second kappa shape index (κ2) is 11.5. The number of ether oxygens (including phenoxy) is 1. The van der Waals surface area contributed by atoms with Crippen LogP contribution in [0.2, 0.25) is 0 Å². The summed E-state index contributed by atoms with van der Waals surface area (Å²) in [5.74, 6) is -1.14. The van der Waals surface area contributed by atoms with E-state index in [1.807, 2.05) is 44.2 Å². The van der Waals surface area contributed by atoms with Gasteiger partial charge in [0.2, 0.25) is 5.91 Å². The van der Waals surface area contributed by atoms with E-state index in [9.17, 15) is 19.2 Å². The van der Waals surface area contributed by atoms with Crippen molar-refractivity contribution in [2.75, 3.05) is 0 Å². The van der Waals surface area contributed by atoms with Crippen molar-refractivity contribution in [3.8, 4) is 0 Å². The van der Waals surface area contributed by atoms with E-state index in [1.165, 1.54) is 0 Å². The molecule has 1 aromatic carbocycles. The monoisotopic (exact) mass is 401 g/mol. The molecule has 1 saturated carbocycles. The molecular weight excluding hydrogens is 370 g/mol. The van der Waals surface area contributed by atoms with Gasteiger partial charge in [-0.15, -0.1) is 0 Å². The summed E-state index contributed by atoms with van der Waals surface area (Å²) < 4.78 is 5.31. The maximum atomic E-state index is 12.8. The van der Waals surface area contributed by atoms with Crippen molar-refractivity contribution in [1.82, 2.24) is 5.32 Å². The van der Waals surface area contributed by atoms with Crippen LogP contribution in [0.15, 0.2) is 30.3 Å². The quantitative estimate of drug-likeness (QED) is 0.454. The normalized spacial score (nSPS) is 18.3. The van der Waals surface area contributed by atoms with Crippen molar-refractivity contribution < 1.29 is 23.9 Å². The van der Waals surface area contributed by atoms with Crippen LogP contribution >= 0.6 is 0 Å². The molecule has 2 rings (SSSR count). The van der Waals surface area contributed by atoms with Gasteiger partial charge in [0.1, 0.15) is 18.7 Å². The third kappa shape index (κ3) is 7.80. The molecule has 1 N–H and O–H groups in total. The molecule has 0 saturated heterocycles. The molecule has 0 radical (unpaired) electrons. The van der Waals surface area contributed by atoms with Gasteiger partial charge in [-0.2, -0.15) is 0 Å². The van der Waals surface area contributed by atoms with E-state index in [0.29, 0.717) is 25.5 Å². The third-order valence-corrected chi connectivity index (χ3v) is 5.24. The maximum absolute atomic E-state index is 12.8. The van der Waals surface area contributed by atoms with Crippen molar-refractivity contribution in [3.63, 3.8) is 0 Å². The van der Waals surface area contributed by atoms with Gasteiger partial charge >= 0.3 is 5.97 Å². The molecule has 158 valence electrons. The number of rotatable bonds is 11. The van der Waals surface area contributed by atoms with Gasteiger partial charge in [-0.3, -0.25) is 14.4 Å². The number of carbonyl (C=O) groups is 4. The molecule has 1 amide bonds. The minimum atomic E-state index is -0.704. The number of hydrogen-bond acceptors (Lipinski definition) is 5. The molecule has 1 fully saturated rings. The van der Waals surface area contributed by atoms with E-state index >= 15 is 0 Å². The van der Waals surface area contributed by atoms with Crippen molar-refractivity contribution in [2.45, 2.75) is 65.0 Å². The largest absolute Gasteiger partial charge is 0.461 e. The van der Waals surface area contributed by atoms with Gasteiger partial charge in [0.25, 0.3) is 0 Å². The summed E-state index contributed by atoms with van der Waals surface area (Å²) in [6.07, 6.45) is 3.65. The van der Waals surface area contributed by atoms with E-state index in [1.54, 1.807) is 0 Å². The predicted octanol–water partition coefficient (Wildman–Crippen LogP) is 3.23. The zero-order valence-corrected chi connectivity index (χ0v) is 17.3. The molecule has 0 aliphatic heterocycles. The molecule has 1 unspecified atom stereocenters. The Morgan fingerprint density at radius 3 is 2.55 bits per heavy atom. The fraction of sp³-hybridized carbons (Fsp3) is 0.565. The van der Waals surface area contributed by atoms with Gasteiger partial charge in [-0.1, -0.05) is 44.2 Å². The van der Waals surface area contributed by atoms with Crippen LogP contribution < -0.4 is 5.32 Å². The van der Waals surface area contributed by atoms with Crippen LogP contribution in [-0.4, -0.2) is 30.0 Å². The fourth-order valence-electron chi connectivity index (χ4n) is 3.74. The maximum Gasteiger partial charge on any atom is 0.306 e. The number of carbonyl (C=O) groups excluding carboxylic acids is 4. The zero-order valence-electron chi connectivity index (χ0n) is 17.3. The average Bonchev–Trinajstić information content (AvgIpc) is 3.10. The number of amides is 1. The second-order valence-electron chi connectivity index (χ2n) is 8.22. The Hall–Kier alpha value is -2.50. The topological polar surface area (TPSA) is 89.5 Å². The lowest BCUT2D eigenvalue weighted by Gasteiger charge is -2.22. The van der Waals surface area contributed by atoms with E-state index in [-0.39, 0.29) is 36.6 Å². The Kier molecular flexibility index (Phi) is 9.03. The Morgan fingerprint density at radius 1 is 1.24 bits per heavy atom. The average molecular weight is 402 g/mol. The van der Waals surface area contributed by atoms with Crippen LogP contribution in [-0.2, 0) is 30.5 Å². The molecule has 6 nitrogen and oxygen atoms in total. The summed E-state index contributed by atoms with van der Waals surface area (Å²) in [6, 6.07) is 8.65. The molecule has 0 heterocycles. The smallest absolute Gasteiger partial charge is 0.306 e. The number of esters is 1. The van der Waals surface area contributed by atoms with Gasteiger partial charge in [0.15, 0.2) is 0 Å². The summed E-state index contributed by atoms with van der Waals surface area (Å²) in [4.78, 5) is 48.3. The molecule has 0 spiro atoms. The standard InChI is InChI=1S/C23H31NO5/c1-16(2)11-19(13-22(27)29-15-17-7-4-3-5-8-17)23(28)24-20(14-25)12-18-9-6-10-21(18)26/h3-5,7-8,14,16,18-20H,6,9-13,15H2,1-2H3,(H,24,28)/t18?,19-,20+/m1/s1. The molecule has 3 atom stereocenters. The van der Waals surface area contributed by atoms with Crippen LogP contribution in [0.1, 0.15) is 57.9 Å². The fourth-order valence-corrected chi connectivity index (χ4v) is 3.74. The zero-order chi connectivity index (χ0) is 21.2. The first-order valence-electron chi connectivity index (χ1n) is 10.4. The number of Topliss-reactive ketones (excluding diaryl/α,β-unsaturated/α-hetero) is 1. The van der Waals surface area contributed by atoms with Crippen LogP contribution in [0.5, 0.6) is 0 Å². The number of benzene rings is 1. The van der Waals surface area contributed by atoms with Crippen LogP contribution in [0.3, 0.4) is 0 Å². The Labute approximate surface area is 172 Å². The molecule has 29 heavy (non-hydrogen) atoms. The highest BCUT2D eigenvalue weighted by atomic mass is 16.5. The summed E-state index contributed by atoms with van der Waals surface area (Å²) in [5.41, 5.74) is 0.882. The Balaban J connectivity index is 1.90. The number of nitrogens with one attached hydrogen (secondary N) is 1. The lowest BCUT2D eigenvalue weighted by Crippen LogP contribution is -2.42. The first-order chi connectivity index (χ1) is 13.9. The van der Waals surface area contributed by atoms with Crippen LogP contribution in [0.4, 0.5) is 0 Å². The number of hydrogen-bond donors (Lipinski definition) is 1. The third-order valence-electron chi connectivity index (χ3n) is 5.24. The molecule has 1 aliphatic carbocycles. The molecule has 6 heteroatoms. The van der Waals surface area contributed by atoms with E-state index < -0.39 is 17.9 Å². The van der Waals surface area contributed by atoms with Crippen molar-refractivity contribution in [3.05, 3.63) is 35.9 Å². The second-order valence-corrected chi connectivity index (χ2v) is 8.22. The summed E-state index contributed by atoms with van der Waals surface area (Å²) in [5, 5.41) is 2.73. The minimum absolute atomic E-state index is 0.0369. The van der Waals surface area contributed by atoms with Gasteiger partial charge in [-0.05, 0) is 37.2 Å². The highest BCUT2D eigenvalue weighted by molar-refractivity contribution is 5.86. The first-order valence-corrected chi connectivity index (χ1v) is 10.4. The van der Waals surface area contributed by atoms with E-state index in [2.05, 4.69) is 5.32 Å². The molecular formula is C23H31NO5. The van der Waals surface area contributed by atoms with E-state index in [4.69, 9.17) is 4.74 Å². The SMILES string of the molecule is CC(C)C[C@H](CC(=O)OCc1ccccc1)C(=O)N[C@H](C=O)CC1CCCC1=O. The minimum Gasteiger partial charge on any atom is -0.461 e. The lowest BCUT2D eigenvalue weighted by atomic mass is 9.92. The van der Waals surface area contributed by atoms with Gasteiger partial charge in [0.05, 0.1) is 12.5 Å². The molecule has 0 bridgehead atoms. The Bertz CT molecular complexity index is 700. The van der Waals surface area contributed by atoms with Gasteiger partial charge in [-0.25, -0.2) is 0 Å². The first kappa shape index (κ1) is 22.8. The van der Waals surface area contributed by atoms with Crippen molar-refractivity contribution in [1.29, 1.82) is 0 Å². The summed E-state index contributed by atoms with van der Waals surface area (Å²) >= 11 is 0. The summed E-state index contributed by atoms with van der Waals surface area (Å²) in [6.45, 7) is 4.12. The Morgan fingerprint density at radius 2 is 1.97 bits per heavy atom. The molecule has 0 aromatic heterocycles. The van der Waals surface area contributed by atoms with Gasteiger partial charge < -0.3 is 14.8 Å². The molecule has 1 aromatic rings. The van der Waals surface area contributed by atoms with E-state index in [0.717, 1.165) is 18.4 Å². The number of ketones is 1. The van der Waals surface area contributed by atoms with Crippen molar-refractivity contribution >= 4 is 23.9 Å². The summed E-state index contributed by atoms with van der Waals surface area (Å²) in [7, 11) is 0. The highest BCUT2D eigenvalue weighted by Crippen LogP contribution is 2.25. The molecule has 1 aliphatic rings. The number of aldehydes is 1.